The molecule has 0 radical (unpaired) electrons. The highest BCUT2D eigenvalue weighted by atomic mass is 35.5. The molecule has 6 nitrogen and oxygen atoms in total. The number of nitro benzene ring substituents is 1. The first kappa shape index (κ1) is 22.6. The minimum absolute atomic E-state index is 0.00967. The molecule has 0 fully saturated rings. The number of ether oxygens (including phenoxy) is 1. The fourth-order valence-electron chi connectivity index (χ4n) is 3.62. The van der Waals surface area contributed by atoms with Crippen molar-refractivity contribution in [3.8, 4) is 17.2 Å². The van der Waals surface area contributed by atoms with E-state index in [1.165, 1.54) is 17.4 Å². The van der Waals surface area contributed by atoms with E-state index in [1.807, 2.05) is 43.3 Å². The minimum Gasteiger partial charge on any atom is -0.363 e. The lowest BCUT2D eigenvalue weighted by molar-refractivity contribution is -0.386. The van der Waals surface area contributed by atoms with Crippen molar-refractivity contribution in [3.05, 3.63) is 115 Å². The molecule has 0 spiro atoms. The molecule has 0 saturated heterocycles. The molecule has 0 N–H and O–H groups in total. The van der Waals surface area contributed by atoms with Crippen molar-refractivity contribution in [2.24, 2.45) is 0 Å². The van der Waals surface area contributed by atoms with Crippen molar-refractivity contribution in [2.45, 2.75) is 19.6 Å². The van der Waals surface area contributed by atoms with E-state index in [2.05, 4.69) is 11.1 Å². The van der Waals surface area contributed by atoms with Crippen LogP contribution >= 0.6 is 22.9 Å². The molecule has 3 aromatic carbocycles. The van der Waals surface area contributed by atoms with E-state index in [0.717, 1.165) is 27.1 Å². The normalized spacial score (nSPS) is 11.7. The van der Waals surface area contributed by atoms with E-state index in [1.54, 1.807) is 29.9 Å². The van der Waals surface area contributed by atoms with Crippen LogP contribution in [0.25, 0.3) is 11.1 Å². The van der Waals surface area contributed by atoms with E-state index in [4.69, 9.17) is 16.3 Å². The van der Waals surface area contributed by atoms with Gasteiger partial charge in [0.25, 0.3) is 5.69 Å². The van der Waals surface area contributed by atoms with Crippen molar-refractivity contribution in [2.75, 3.05) is 0 Å². The molecule has 33 heavy (non-hydrogen) atoms. The topological polar surface area (TPSA) is 89.1 Å². The molecule has 1 heterocycles. The summed E-state index contributed by atoms with van der Waals surface area (Å²) in [6, 6.07) is 20.2. The molecule has 8 heteroatoms. The van der Waals surface area contributed by atoms with E-state index in [0.29, 0.717) is 16.1 Å². The molecule has 0 amide bonds. The fraction of sp³-hybridized carbons (Fsp3) is 0.120. The van der Waals surface area contributed by atoms with E-state index >= 15 is 0 Å². The summed E-state index contributed by atoms with van der Waals surface area (Å²) >= 11 is 7.37. The van der Waals surface area contributed by atoms with Gasteiger partial charge in [0.1, 0.15) is 6.10 Å². The standard InChI is InChI=1S/C25H18ClN3O3S/c1-16-4-2-3-5-21(16)22-10-17(6-7-18(22)12-27)25(24-13-28-15-33-24)32-14-19-8-9-20(26)11-23(19)29(30)31/h2-11,13,15,25H,14H2,1H3. The number of aryl methyl sites for hydroxylation is 1. The van der Waals surface area contributed by atoms with Gasteiger partial charge in [-0.15, -0.1) is 11.3 Å². The van der Waals surface area contributed by atoms with Crippen LogP contribution in [0.5, 0.6) is 0 Å². The molecular formula is C25H18ClN3O3S. The van der Waals surface area contributed by atoms with Gasteiger partial charge in [-0.25, -0.2) is 0 Å². The number of halogens is 1. The number of thiazole rings is 1. The Morgan fingerprint density at radius 2 is 2.00 bits per heavy atom. The zero-order chi connectivity index (χ0) is 23.4. The average molecular weight is 476 g/mol. The Kier molecular flexibility index (Phi) is 6.80. The SMILES string of the molecule is Cc1ccccc1-c1cc(C(OCc2ccc(Cl)cc2[N+](=O)[O-])c2cncs2)ccc1C#N. The molecule has 4 rings (SSSR count). The van der Waals surface area contributed by atoms with Crippen LogP contribution in [0.4, 0.5) is 5.69 Å². The Balaban J connectivity index is 1.74. The Labute approximate surface area is 199 Å². The van der Waals surface area contributed by atoms with Crippen LogP contribution in [-0.2, 0) is 11.3 Å². The highest BCUT2D eigenvalue weighted by molar-refractivity contribution is 7.09. The molecule has 0 aliphatic carbocycles. The zero-order valence-electron chi connectivity index (χ0n) is 17.6. The Hall–Kier alpha value is -3.57. The molecule has 0 bridgehead atoms. The van der Waals surface area contributed by atoms with Crippen molar-refractivity contribution in [1.82, 2.24) is 4.98 Å². The maximum absolute atomic E-state index is 11.5. The first-order chi connectivity index (χ1) is 16.0. The Morgan fingerprint density at radius 3 is 2.70 bits per heavy atom. The third kappa shape index (κ3) is 4.94. The van der Waals surface area contributed by atoms with Gasteiger partial charge in [-0.1, -0.05) is 41.9 Å². The summed E-state index contributed by atoms with van der Waals surface area (Å²) in [5.74, 6) is 0. The van der Waals surface area contributed by atoms with Gasteiger partial charge in [0.2, 0.25) is 0 Å². The Bertz CT molecular complexity index is 1350. The molecule has 164 valence electrons. The second-order valence-electron chi connectivity index (χ2n) is 7.36. The number of hydrogen-bond donors (Lipinski definition) is 0. The van der Waals surface area contributed by atoms with Gasteiger partial charge in [-0.2, -0.15) is 5.26 Å². The molecule has 0 aliphatic heterocycles. The highest BCUT2D eigenvalue weighted by Crippen LogP contribution is 2.35. The van der Waals surface area contributed by atoms with Crippen LogP contribution in [0.2, 0.25) is 5.02 Å². The smallest absolute Gasteiger partial charge is 0.276 e. The second kappa shape index (κ2) is 9.92. The predicted molar refractivity (Wildman–Crippen MR) is 128 cm³/mol. The molecule has 0 saturated carbocycles. The lowest BCUT2D eigenvalue weighted by Crippen LogP contribution is -2.07. The van der Waals surface area contributed by atoms with Gasteiger partial charge in [0.15, 0.2) is 0 Å². The third-order valence-corrected chi connectivity index (χ3v) is 6.32. The summed E-state index contributed by atoms with van der Waals surface area (Å²) in [7, 11) is 0. The van der Waals surface area contributed by atoms with Crippen molar-refractivity contribution in [3.63, 3.8) is 0 Å². The highest BCUT2D eigenvalue weighted by Gasteiger charge is 2.22. The van der Waals surface area contributed by atoms with Crippen LogP contribution in [0.3, 0.4) is 0 Å². The number of nitro groups is 1. The Morgan fingerprint density at radius 1 is 1.18 bits per heavy atom. The van der Waals surface area contributed by atoms with E-state index < -0.39 is 11.0 Å². The number of hydrogen-bond acceptors (Lipinski definition) is 6. The summed E-state index contributed by atoms with van der Waals surface area (Å²) in [5, 5.41) is 21.4. The van der Waals surface area contributed by atoms with Gasteiger partial charge < -0.3 is 4.74 Å². The van der Waals surface area contributed by atoms with Gasteiger partial charge in [-0.3, -0.25) is 15.1 Å². The third-order valence-electron chi connectivity index (χ3n) is 5.26. The van der Waals surface area contributed by atoms with Crippen LogP contribution in [0.15, 0.2) is 72.4 Å². The molecular weight excluding hydrogens is 458 g/mol. The van der Waals surface area contributed by atoms with Crippen LogP contribution in [0, 0.1) is 28.4 Å². The number of rotatable bonds is 7. The quantitative estimate of drug-likeness (QED) is 0.215. The lowest BCUT2D eigenvalue weighted by atomic mass is 9.93. The number of nitriles is 1. The predicted octanol–water partition coefficient (Wildman–Crippen LogP) is 6.86. The van der Waals surface area contributed by atoms with Gasteiger partial charge in [0, 0.05) is 22.8 Å². The average Bonchev–Trinajstić information content (AvgIpc) is 3.35. The summed E-state index contributed by atoms with van der Waals surface area (Å²) in [5.41, 5.74) is 6.26. The minimum atomic E-state index is -0.511. The second-order valence-corrected chi connectivity index (χ2v) is 8.71. The van der Waals surface area contributed by atoms with Crippen molar-refractivity contribution >= 4 is 28.6 Å². The lowest BCUT2D eigenvalue weighted by Gasteiger charge is -2.19. The first-order valence-electron chi connectivity index (χ1n) is 10.0. The molecule has 0 aliphatic rings. The first-order valence-corrected chi connectivity index (χ1v) is 11.3. The van der Waals surface area contributed by atoms with Crippen LogP contribution < -0.4 is 0 Å². The zero-order valence-corrected chi connectivity index (χ0v) is 19.1. The van der Waals surface area contributed by atoms with Crippen LogP contribution in [0.1, 0.15) is 33.2 Å². The van der Waals surface area contributed by atoms with Crippen molar-refractivity contribution < 1.29 is 9.66 Å². The summed E-state index contributed by atoms with van der Waals surface area (Å²) in [4.78, 5) is 16.0. The van der Waals surface area contributed by atoms with Crippen LogP contribution in [-0.4, -0.2) is 9.91 Å². The fourth-order valence-corrected chi connectivity index (χ4v) is 4.48. The van der Waals surface area contributed by atoms with Gasteiger partial charge in [-0.05, 0) is 47.9 Å². The summed E-state index contributed by atoms with van der Waals surface area (Å²) in [6.07, 6.45) is 1.21. The molecule has 1 unspecified atom stereocenters. The number of benzene rings is 3. The molecule has 1 aromatic heterocycles. The van der Waals surface area contributed by atoms with Gasteiger partial charge in [0.05, 0.1) is 39.1 Å². The maximum atomic E-state index is 11.5. The van der Waals surface area contributed by atoms with Crippen molar-refractivity contribution in [1.29, 1.82) is 5.26 Å². The largest absolute Gasteiger partial charge is 0.363 e. The summed E-state index contributed by atoms with van der Waals surface area (Å²) in [6.45, 7) is 2.01. The maximum Gasteiger partial charge on any atom is 0.276 e. The number of nitrogens with zero attached hydrogens (tertiary/aromatic N) is 3. The van der Waals surface area contributed by atoms with Gasteiger partial charge >= 0.3 is 0 Å². The molecule has 4 aromatic rings. The number of aromatic nitrogens is 1. The molecule has 1 atom stereocenters. The summed E-state index contributed by atoms with van der Waals surface area (Å²) < 4.78 is 6.22. The van der Waals surface area contributed by atoms with E-state index in [-0.39, 0.29) is 12.3 Å². The van der Waals surface area contributed by atoms with E-state index in [9.17, 15) is 15.4 Å². The monoisotopic (exact) mass is 475 g/mol.